The van der Waals surface area contributed by atoms with Gasteiger partial charge in [-0.05, 0) is 50.4 Å². The number of azide groups is 1. The van der Waals surface area contributed by atoms with Crippen LogP contribution in [0.15, 0.2) is 29.4 Å². The Labute approximate surface area is 124 Å². The van der Waals surface area contributed by atoms with Crippen molar-refractivity contribution in [1.29, 1.82) is 0 Å². The smallest absolute Gasteiger partial charge is 0.407 e. The highest BCUT2D eigenvalue weighted by molar-refractivity contribution is 5.68. The molecule has 0 saturated heterocycles. The lowest BCUT2D eigenvalue weighted by molar-refractivity contribution is 0.0506. The largest absolute Gasteiger partial charge is 0.444 e. The molecule has 0 bridgehead atoms. The number of nitrogens with two attached hydrogens (primary N) is 1. The Bertz CT molecular complexity index is 515. The van der Waals surface area contributed by atoms with E-state index in [0.717, 1.165) is 5.56 Å². The second kappa shape index (κ2) is 7.40. The molecule has 0 aliphatic heterocycles. The molecule has 0 radical (unpaired) electrons. The lowest BCUT2D eigenvalue weighted by atomic mass is 10.1. The lowest BCUT2D eigenvalue weighted by Gasteiger charge is -2.23. The minimum atomic E-state index is -0.575. The van der Waals surface area contributed by atoms with Gasteiger partial charge in [0.1, 0.15) is 5.60 Å². The first-order valence-electron chi connectivity index (χ1n) is 6.65. The van der Waals surface area contributed by atoms with E-state index in [1.54, 1.807) is 32.9 Å². The molecule has 0 aromatic heterocycles. The quantitative estimate of drug-likeness (QED) is 0.376. The number of hydrogen-bond donors (Lipinski definition) is 2. The highest BCUT2D eigenvalue weighted by Gasteiger charge is 2.19. The second-order valence-electron chi connectivity index (χ2n) is 5.70. The van der Waals surface area contributed by atoms with Gasteiger partial charge in [0, 0.05) is 23.2 Å². The molecule has 1 amide bonds. The van der Waals surface area contributed by atoms with Crippen LogP contribution in [0.4, 0.5) is 10.5 Å². The predicted octanol–water partition coefficient (Wildman–Crippen LogP) is 3.01. The van der Waals surface area contributed by atoms with E-state index in [-0.39, 0.29) is 12.6 Å². The summed E-state index contributed by atoms with van der Waals surface area (Å²) in [5, 5.41) is 6.24. The van der Waals surface area contributed by atoms with E-state index in [2.05, 4.69) is 15.3 Å². The Morgan fingerprint density at radius 3 is 2.57 bits per heavy atom. The topological polar surface area (TPSA) is 113 Å². The van der Waals surface area contributed by atoms with Crippen LogP contribution in [-0.4, -0.2) is 24.3 Å². The van der Waals surface area contributed by atoms with Crippen LogP contribution >= 0.6 is 0 Å². The monoisotopic (exact) mass is 291 g/mol. The van der Waals surface area contributed by atoms with Crippen LogP contribution in [0.5, 0.6) is 0 Å². The fourth-order valence-corrected chi connectivity index (χ4v) is 1.71. The van der Waals surface area contributed by atoms with Crippen molar-refractivity contribution in [2.45, 2.75) is 38.8 Å². The van der Waals surface area contributed by atoms with Crippen LogP contribution in [0, 0.1) is 0 Å². The van der Waals surface area contributed by atoms with Gasteiger partial charge in [0.15, 0.2) is 0 Å². The molecular formula is C14H21N5O2. The zero-order chi connectivity index (χ0) is 15.9. The molecule has 1 unspecified atom stereocenters. The number of carbonyl (C=O) groups excluding carboxylic acids is 1. The van der Waals surface area contributed by atoms with Gasteiger partial charge in [0.2, 0.25) is 0 Å². The van der Waals surface area contributed by atoms with E-state index in [1.807, 2.05) is 12.1 Å². The Balaban J connectivity index is 2.69. The summed E-state index contributed by atoms with van der Waals surface area (Å²) in [4.78, 5) is 14.5. The van der Waals surface area contributed by atoms with E-state index in [0.29, 0.717) is 12.1 Å². The van der Waals surface area contributed by atoms with Gasteiger partial charge >= 0.3 is 6.09 Å². The number of anilines is 1. The zero-order valence-corrected chi connectivity index (χ0v) is 12.5. The van der Waals surface area contributed by atoms with Gasteiger partial charge in [0.25, 0.3) is 0 Å². The second-order valence-corrected chi connectivity index (χ2v) is 5.70. The van der Waals surface area contributed by atoms with Crippen molar-refractivity contribution in [1.82, 2.24) is 5.32 Å². The number of alkyl carbamates (subject to hydrolysis) is 1. The standard InChI is InChI=1S/C14H21N5O2/c1-14(2,3)21-13(20)18-12(9-17-19-16)8-10-4-6-11(15)7-5-10/h4-7,12H,8-9,15H2,1-3H3,(H,18,20). The molecule has 3 N–H and O–H groups in total. The van der Waals surface area contributed by atoms with Crippen LogP contribution in [0.1, 0.15) is 26.3 Å². The number of amides is 1. The van der Waals surface area contributed by atoms with Crippen LogP contribution in [0.25, 0.3) is 10.4 Å². The summed E-state index contributed by atoms with van der Waals surface area (Å²) in [5.41, 5.74) is 15.1. The van der Waals surface area contributed by atoms with Crippen molar-refractivity contribution in [2.24, 2.45) is 5.11 Å². The van der Waals surface area contributed by atoms with Crippen molar-refractivity contribution in [3.05, 3.63) is 40.3 Å². The van der Waals surface area contributed by atoms with Crippen LogP contribution in [0.2, 0.25) is 0 Å². The summed E-state index contributed by atoms with van der Waals surface area (Å²) >= 11 is 0. The first-order chi connectivity index (χ1) is 9.80. The summed E-state index contributed by atoms with van der Waals surface area (Å²) in [5.74, 6) is 0. The normalized spacial score (nSPS) is 12.1. The van der Waals surface area contributed by atoms with E-state index < -0.39 is 11.7 Å². The van der Waals surface area contributed by atoms with Gasteiger partial charge in [-0.15, -0.1) is 0 Å². The van der Waals surface area contributed by atoms with Crippen molar-refractivity contribution in [3.8, 4) is 0 Å². The molecule has 0 heterocycles. The Kier molecular flexibility index (Phi) is 5.87. The summed E-state index contributed by atoms with van der Waals surface area (Å²) in [6, 6.07) is 6.98. The van der Waals surface area contributed by atoms with Crippen LogP contribution < -0.4 is 11.1 Å². The molecule has 21 heavy (non-hydrogen) atoms. The molecule has 1 atom stereocenters. The Morgan fingerprint density at radius 2 is 2.05 bits per heavy atom. The van der Waals surface area contributed by atoms with Gasteiger partial charge in [-0.3, -0.25) is 0 Å². The molecule has 0 fully saturated rings. The van der Waals surface area contributed by atoms with Gasteiger partial charge in [-0.2, -0.15) is 0 Å². The predicted molar refractivity (Wildman–Crippen MR) is 81.7 cm³/mol. The van der Waals surface area contributed by atoms with Crippen molar-refractivity contribution in [2.75, 3.05) is 12.3 Å². The fraction of sp³-hybridized carbons (Fsp3) is 0.500. The van der Waals surface area contributed by atoms with Crippen molar-refractivity contribution < 1.29 is 9.53 Å². The van der Waals surface area contributed by atoms with E-state index in [1.165, 1.54) is 0 Å². The maximum Gasteiger partial charge on any atom is 0.407 e. The number of ether oxygens (including phenoxy) is 1. The first kappa shape index (κ1) is 16.7. The van der Waals surface area contributed by atoms with Gasteiger partial charge < -0.3 is 15.8 Å². The molecule has 114 valence electrons. The number of benzene rings is 1. The van der Waals surface area contributed by atoms with Gasteiger partial charge in [0.05, 0.1) is 0 Å². The number of rotatable bonds is 5. The van der Waals surface area contributed by atoms with Gasteiger partial charge in [-0.1, -0.05) is 17.2 Å². The molecule has 7 heteroatoms. The third-order valence-electron chi connectivity index (χ3n) is 2.55. The molecule has 1 rings (SSSR count). The van der Waals surface area contributed by atoms with E-state index in [9.17, 15) is 4.79 Å². The van der Waals surface area contributed by atoms with Crippen LogP contribution in [0.3, 0.4) is 0 Å². The highest BCUT2D eigenvalue weighted by Crippen LogP contribution is 2.10. The van der Waals surface area contributed by atoms with Crippen molar-refractivity contribution in [3.63, 3.8) is 0 Å². The molecular weight excluding hydrogens is 270 g/mol. The van der Waals surface area contributed by atoms with Crippen molar-refractivity contribution >= 4 is 11.8 Å². The highest BCUT2D eigenvalue weighted by atomic mass is 16.6. The summed E-state index contributed by atoms with van der Waals surface area (Å²) in [6.07, 6.45) is -0.00507. The average molecular weight is 291 g/mol. The average Bonchev–Trinajstić information content (AvgIpc) is 2.36. The third kappa shape index (κ3) is 7.08. The Hall–Kier alpha value is -2.40. The SMILES string of the molecule is CC(C)(C)OC(=O)NC(CN=[N+]=[N-])Cc1ccc(N)cc1. The molecule has 0 spiro atoms. The Morgan fingerprint density at radius 1 is 1.43 bits per heavy atom. The number of nitrogen functional groups attached to an aromatic ring is 1. The first-order valence-corrected chi connectivity index (χ1v) is 6.65. The van der Waals surface area contributed by atoms with E-state index in [4.69, 9.17) is 16.0 Å². The fourth-order valence-electron chi connectivity index (χ4n) is 1.71. The van der Waals surface area contributed by atoms with Gasteiger partial charge in [-0.25, -0.2) is 4.79 Å². The molecule has 1 aromatic carbocycles. The summed E-state index contributed by atoms with van der Waals surface area (Å²) in [6.45, 7) is 5.51. The molecule has 0 aliphatic carbocycles. The molecule has 7 nitrogen and oxygen atoms in total. The molecule has 0 aliphatic rings. The summed E-state index contributed by atoms with van der Waals surface area (Å²) in [7, 11) is 0. The van der Waals surface area contributed by atoms with E-state index >= 15 is 0 Å². The number of carbonyl (C=O) groups is 1. The maximum atomic E-state index is 11.8. The lowest BCUT2D eigenvalue weighted by Crippen LogP contribution is -2.41. The minimum absolute atomic E-state index is 0.153. The number of nitrogens with one attached hydrogen (secondary N) is 1. The maximum absolute atomic E-state index is 11.8. The zero-order valence-electron chi connectivity index (χ0n) is 12.5. The minimum Gasteiger partial charge on any atom is -0.444 e. The summed E-state index contributed by atoms with van der Waals surface area (Å²) < 4.78 is 5.20. The van der Waals surface area contributed by atoms with Crippen LogP contribution in [-0.2, 0) is 11.2 Å². The number of nitrogens with zero attached hydrogens (tertiary/aromatic N) is 3. The molecule has 1 aromatic rings. The molecule has 0 saturated carbocycles. The number of hydrogen-bond acceptors (Lipinski definition) is 4. The third-order valence-corrected chi connectivity index (χ3v) is 2.55.